The Labute approximate surface area is 123 Å². The highest BCUT2D eigenvalue weighted by atomic mass is 16.5. The SMILES string of the molecule is CCCCOCCC(CNC)Cc1ccccc1OC. The molecule has 1 rings (SSSR count). The molecular formula is C17H29NO2. The molecule has 1 N–H and O–H groups in total. The highest BCUT2D eigenvalue weighted by Crippen LogP contribution is 2.22. The topological polar surface area (TPSA) is 30.5 Å². The second kappa shape index (κ2) is 10.7. The Hall–Kier alpha value is -1.06. The van der Waals surface area contributed by atoms with E-state index < -0.39 is 0 Å². The van der Waals surface area contributed by atoms with Gasteiger partial charge in [0.25, 0.3) is 0 Å². The third kappa shape index (κ3) is 6.40. The second-order valence-corrected chi connectivity index (χ2v) is 5.19. The summed E-state index contributed by atoms with van der Waals surface area (Å²) in [5, 5.41) is 3.28. The molecule has 0 radical (unpaired) electrons. The summed E-state index contributed by atoms with van der Waals surface area (Å²) in [6.07, 6.45) is 4.47. The maximum Gasteiger partial charge on any atom is 0.122 e. The first-order valence-electron chi connectivity index (χ1n) is 7.66. The molecule has 0 heterocycles. The van der Waals surface area contributed by atoms with E-state index >= 15 is 0 Å². The summed E-state index contributed by atoms with van der Waals surface area (Å²) < 4.78 is 11.1. The van der Waals surface area contributed by atoms with Crippen molar-refractivity contribution in [3.63, 3.8) is 0 Å². The number of ether oxygens (including phenoxy) is 2. The van der Waals surface area contributed by atoms with Gasteiger partial charge >= 0.3 is 0 Å². The molecule has 0 aliphatic rings. The summed E-state index contributed by atoms with van der Waals surface area (Å²) in [7, 11) is 3.74. The van der Waals surface area contributed by atoms with Crippen molar-refractivity contribution >= 4 is 0 Å². The zero-order valence-electron chi connectivity index (χ0n) is 13.2. The summed E-state index contributed by atoms with van der Waals surface area (Å²) in [5.41, 5.74) is 1.28. The van der Waals surface area contributed by atoms with Gasteiger partial charge in [0.2, 0.25) is 0 Å². The van der Waals surface area contributed by atoms with Crippen LogP contribution in [0.3, 0.4) is 0 Å². The number of nitrogens with one attached hydrogen (secondary N) is 1. The average Bonchev–Trinajstić information content (AvgIpc) is 2.47. The van der Waals surface area contributed by atoms with E-state index in [0.29, 0.717) is 5.92 Å². The van der Waals surface area contributed by atoms with E-state index in [9.17, 15) is 0 Å². The number of unbranched alkanes of at least 4 members (excludes halogenated alkanes) is 1. The van der Waals surface area contributed by atoms with E-state index in [1.807, 2.05) is 19.2 Å². The molecule has 0 aliphatic carbocycles. The molecule has 1 unspecified atom stereocenters. The first-order valence-corrected chi connectivity index (χ1v) is 7.66. The molecule has 0 aromatic heterocycles. The van der Waals surface area contributed by atoms with E-state index in [0.717, 1.165) is 44.8 Å². The Kier molecular flexibility index (Phi) is 9.09. The van der Waals surface area contributed by atoms with Gasteiger partial charge in [0.15, 0.2) is 0 Å². The van der Waals surface area contributed by atoms with E-state index in [1.54, 1.807) is 7.11 Å². The lowest BCUT2D eigenvalue weighted by Gasteiger charge is -2.18. The normalized spacial score (nSPS) is 12.3. The maximum atomic E-state index is 5.69. The minimum atomic E-state index is 0.581. The summed E-state index contributed by atoms with van der Waals surface area (Å²) in [5.74, 6) is 1.57. The first-order chi connectivity index (χ1) is 9.81. The number of para-hydroxylation sites is 1. The van der Waals surface area contributed by atoms with Crippen molar-refractivity contribution in [3.8, 4) is 5.75 Å². The standard InChI is InChI=1S/C17H29NO2/c1-4-5-11-20-12-10-15(14-18-2)13-16-8-6-7-9-17(16)19-3/h6-9,15,18H,4-5,10-14H2,1-3H3. The molecule has 1 atom stereocenters. The van der Waals surface area contributed by atoms with Gasteiger partial charge in [-0.15, -0.1) is 0 Å². The summed E-state index contributed by atoms with van der Waals surface area (Å²) in [6, 6.07) is 8.28. The molecule has 0 fully saturated rings. The van der Waals surface area contributed by atoms with Crippen LogP contribution in [0.25, 0.3) is 0 Å². The van der Waals surface area contributed by atoms with Crippen LogP contribution in [0.15, 0.2) is 24.3 Å². The van der Waals surface area contributed by atoms with Gasteiger partial charge in [-0.3, -0.25) is 0 Å². The van der Waals surface area contributed by atoms with Crippen molar-refractivity contribution in [2.45, 2.75) is 32.6 Å². The van der Waals surface area contributed by atoms with Crippen molar-refractivity contribution in [3.05, 3.63) is 29.8 Å². The van der Waals surface area contributed by atoms with Gasteiger partial charge in [-0.05, 0) is 50.4 Å². The fourth-order valence-corrected chi connectivity index (χ4v) is 2.35. The van der Waals surface area contributed by atoms with Gasteiger partial charge in [0, 0.05) is 13.2 Å². The van der Waals surface area contributed by atoms with Gasteiger partial charge in [0.05, 0.1) is 7.11 Å². The molecule has 0 saturated heterocycles. The lowest BCUT2D eigenvalue weighted by molar-refractivity contribution is 0.117. The molecule has 114 valence electrons. The number of hydrogen-bond donors (Lipinski definition) is 1. The van der Waals surface area contributed by atoms with Crippen LogP contribution in [0, 0.1) is 5.92 Å². The van der Waals surface area contributed by atoms with Crippen molar-refractivity contribution in [2.24, 2.45) is 5.92 Å². The van der Waals surface area contributed by atoms with Gasteiger partial charge in [-0.25, -0.2) is 0 Å². The van der Waals surface area contributed by atoms with Gasteiger partial charge in [-0.1, -0.05) is 31.5 Å². The second-order valence-electron chi connectivity index (χ2n) is 5.19. The van der Waals surface area contributed by atoms with Crippen LogP contribution in [0.1, 0.15) is 31.7 Å². The molecule has 0 amide bonds. The number of rotatable bonds is 11. The molecular weight excluding hydrogens is 250 g/mol. The quantitative estimate of drug-likeness (QED) is 0.631. The molecule has 3 nitrogen and oxygen atoms in total. The number of benzene rings is 1. The monoisotopic (exact) mass is 279 g/mol. The zero-order chi connectivity index (χ0) is 14.6. The summed E-state index contributed by atoms with van der Waals surface area (Å²) >= 11 is 0. The first kappa shape index (κ1) is 17.0. The van der Waals surface area contributed by atoms with Crippen LogP contribution in [0.5, 0.6) is 5.75 Å². The minimum absolute atomic E-state index is 0.581. The summed E-state index contributed by atoms with van der Waals surface area (Å²) in [4.78, 5) is 0. The van der Waals surface area contributed by atoms with Gasteiger partial charge in [0.1, 0.15) is 5.75 Å². The number of methoxy groups -OCH3 is 1. The predicted molar refractivity (Wildman–Crippen MR) is 84.5 cm³/mol. The largest absolute Gasteiger partial charge is 0.496 e. The lowest BCUT2D eigenvalue weighted by atomic mass is 9.96. The Bertz CT molecular complexity index is 355. The average molecular weight is 279 g/mol. The third-order valence-corrected chi connectivity index (χ3v) is 3.51. The smallest absolute Gasteiger partial charge is 0.122 e. The molecule has 0 saturated carbocycles. The third-order valence-electron chi connectivity index (χ3n) is 3.51. The highest BCUT2D eigenvalue weighted by Gasteiger charge is 2.12. The van der Waals surface area contributed by atoms with Crippen molar-refractivity contribution in [1.29, 1.82) is 0 Å². The minimum Gasteiger partial charge on any atom is -0.496 e. The van der Waals surface area contributed by atoms with Crippen molar-refractivity contribution in [1.82, 2.24) is 5.32 Å². The molecule has 1 aromatic carbocycles. The van der Waals surface area contributed by atoms with Gasteiger partial charge in [-0.2, -0.15) is 0 Å². The van der Waals surface area contributed by atoms with Crippen LogP contribution < -0.4 is 10.1 Å². The van der Waals surface area contributed by atoms with Crippen molar-refractivity contribution in [2.75, 3.05) is 33.9 Å². The van der Waals surface area contributed by atoms with Crippen LogP contribution in [-0.2, 0) is 11.2 Å². The van der Waals surface area contributed by atoms with Crippen LogP contribution in [0.4, 0.5) is 0 Å². The molecule has 0 bridgehead atoms. The molecule has 3 heteroatoms. The predicted octanol–water partition coefficient (Wildman–Crippen LogP) is 3.28. The molecule has 1 aromatic rings. The van der Waals surface area contributed by atoms with Crippen LogP contribution in [-0.4, -0.2) is 33.9 Å². The Morgan fingerprint density at radius 3 is 2.70 bits per heavy atom. The van der Waals surface area contributed by atoms with E-state index in [2.05, 4.69) is 24.4 Å². The van der Waals surface area contributed by atoms with E-state index in [4.69, 9.17) is 9.47 Å². The van der Waals surface area contributed by atoms with E-state index in [1.165, 1.54) is 12.0 Å². The van der Waals surface area contributed by atoms with E-state index in [-0.39, 0.29) is 0 Å². The lowest BCUT2D eigenvalue weighted by Crippen LogP contribution is -2.22. The molecule has 0 aliphatic heterocycles. The Morgan fingerprint density at radius 1 is 1.20 bits per heavy atom. The summed E-state index contributed by atoms with van der Waals surface area (Å²) in [6.45, 7) is 4.93. The number of hydrogen-bond acceptors (Lipinski definition) is 3. The fraction of sp³-hybridized carbons (Fsp3) is 0.647. The Morgan fingerprint density at radius 2 is 2.00 bits per heavy atom. The molecule has 0 spiro atoms. The maximum absolute atomic E-state index is 5.69. The zero-order valence-corrected chi connectivity index (χ0v) is 13.2. The van der Waals surface area contributed by atoms with Gasteiger partial charge < -0.3 is 14.8 Å². The molecule has 20 heavy (non-hydrogen) atoms. The fourth-order valence-electron chi connectivity index (χ4n) is 2.35. The van der Waals surface area contributed by atoms with Crippen LogP contribution in [0.2, 0.25) is 0 Å². The Balaban J connectivity index is 2.45. The van der Waals surface area contributed by atoms with Crippen molar-refractivity contribution < 1.29 is 9.47 Å². The highest BCUT2D eigenvalue weighted by molar-refractivity contribution is 5.33. The van der Waals surface area contributed by atoms with Crippen LogP contribution >= 0.6 is 0 Å².